The third kappa shape index (κ3) is 2.98. The first kappa shape index (κ1) is 16.8. The highest BCUT2D eigenvalue weighted by molar-refractivity contribution is 7.91. The van der Waals surface area contributed by atoms with Crippen molar-refractivity contribution in [3.05, 3.63) is 34.7 Å². The van der Waals surface area contributed by atoms with Crippen LogP contribution in [0.25, 0.3) is 11.0 Å². The van der Waals surface area contributed by atoms with Gasteiger partial charge in [0.15, 0.2) is 9.84 Å². The number of imidazole rings is 1. The molecular weight excluding hydrogens is 330 g/mol. The highest BCUT2D eigenvalue weighted by Gasteiger charge is 2.32. The van der Waals surface area contributed by atoms with E-state index in [9.17, 15) is 18.0 Å². The summed E-state index contributed by atoms with van der Waals surface area (Å²) in [6.45, 7) is 0.281. The molecule has 3 rings (SSSR count). The van der Waals surface area contributed by atoms with Crippen LogP contribution < -0.4 is 5.69 Å². The number of hydrogen-bond acceptors (Lipinski definition) is 4. The summed E-state index contributed by atoms with van der Waals surface area (Å²) in [7, 11) is 0.320. The number of aromatic nitrogens is 2. The lowest BCUT2D eigenvalue weighted by Gasteiger charge is -2.23. The molecule has 1 aromatic carbocycles. The second kappa shape index (κ2) is 6.08. The molecule has 0 saturated carbocycles. The van der Waals surface area contributed by atoms with Gasteiger partial charge < -0.3 is 4.90 Å². The number of para-hydroxylation sites is 2. The van der Waals surface area contributed by atoms with E-state index in [1.54, 1.807) is 23.2 Å². The predicted octanol–water partition coefficient (Wildman–Crippen LogP) is 0.376. The molecule has 1 amide bonds. The summed E-state index contributed by atoms with van der Waals surface area (Å²) in [5.74, 6) is 0.0265. The SMILES string of the molecule is CN(C(=O)CCn1c(=O)n(C)c2ccccc21)C1CCS(=O)(=O)C1. The van der Waals surface area contributed by atoms with Crippen molar-refractivity contribution in [2.75, 3.05) is 18.6 Å². The predicted molar refractivity (Wildman–Crippen MR) is 91.6 cm³/mol. The Kier molecular flexibility index (Phi) is 4.25. The van der Waals surface area contributed by atoms with Crippen LogP contribution in [-0.2, 0) is 28.2 Å². The number of carbonyl (C=O) groups excluding carboxylic acids is 1. The van der Waals surface area contributed by atoms with E-state index in [2.05, 4.69) is 0 Å². The lowest BCUT2D eigenvalue weighted by Crippen LogP contribution is -2.38. The highest BCUT2D eigenvalue weighted by Crippen LogP contribution is 2.18. The third-order valence-corrected chi connectivity index (χ3v) is 6.50. The number of fused-ring (bicyclic) bond motifs is 1. The van der Waals surface area contributed by atoms with E-state index >= 15 is 0 Å². The zero-order valence-electron chi connectivity index (χ0n) is 13.8. The number of rotatable bonds is 4. The summed E-state index contributed by atoms with van der Waals surface area (Å²) in [4.78, 5) is 26.2. The Bertz CT molecular complexity index is 942. The maximum absolute atomic E-state index is 12.4. The molecule has 1 atom stereocenters. The summed E-state index contributed by atoms with van der Waals surface area (Å²) in [5, 5.41) is 0. The Labute approximate surface area is 140 Å². The van der Waals surface area contributed by atoms with Crippen LogP contribution in [0.4, 0.5) is 0 Å². The lowest BCUT2D eigenvalue weighted by atomic mass is 10.2. The molecule has 1 unspecified atom stereocenters. The third-order valence-electron chi connectivity index (χ3n) is 4.75. The van der Waals surface area contributed by atoms with Gasteiger partial charge in [0.25, 0.3) is 0 Å². The summed E-state index contributed by atoms with van der Waals surface area (Å²) in [5.41, 5.74) is 1.46. The summed E-state index contributed by atoms with van der Waals surface area (Å²) in [6.07, 6.45) is 0.653. The zero-order valence-corrected chi connectivity index (χ0v) is 14.6. The van der Waals surface area contributed by atoms with Gasteiger partial charge in [0.2, 0.25) is 5.91 Å². The highest BCUT2D eigenvalue weighted by atomic mass is 32.2. The second-order valence-electron chi connectivity index (χ2n) is 6.29. The van der Waals surface area contributed by atoms with Gasteiger partial charge in [0.05, 0.1) is 22.5 Å². The smallest absolute Gasteiger partial charge is 0.328 e. The first-order chi connectivity index (χ1) is 11.3. The maximum atomic E-state index is 12.4. The molecule has 1 aromatic heterocycles. The number of nitrogens with zero attached hydrogens (tertiary/aromatic N) is 3. The zero-order chi connectivity index (χ0) is 17.5. The molecule has 1 fully saturated rings. The van der Waals surface area contributed by atoms with Crippen LogP contribution in [0.1, 0.15) is 12.8 Å². The molecule has 130 valence electrons. The van der Waals surface area contributed by atoms with Gasteiger partial charge >= 0.3 is 5.69 Å². The standard InChI is InChI=1S/C16H21N3O4S/c1-17(12-8-10-24(22,23)11-12)15(20)7-9-19-14-6-4-3-5-13(14)18(2)16(19)21/h3-6,12H,7-11H2,1-2H3. The first-order valence-corrected chi connectivity index (χ1v) is 9.72. The van der Waals surface area contributed by atoms with E-state index in [4.69, 9.17) is 0 Å². The van der Waals surface area contributed by atoms with Crippen molar-refractivity contribution in [3.8, 4) is 0 Å². The normalized spacial score (nSPS) is 19.7. The van der Waals surface area contributed by atoms with Crippen molar-refractivity contribution >= 4 is 26.8 Å². The lowest BCUT2D eigenvalue weighted by molar-refractivity contribution is -0.131. The topological polar surface area (TPSA) is 81.4 Å². The van der Waals surface area contributed by atoms with E-state index in [-0.39, 0.29) is 42.1 Å². The van der Waals surface area contributed by atoms with E-state index < -0.39 is 9.84 Å². The average molecular weight is 351 g/mol. The maximum Gasteiger partial charge on any atom is 0.328 e. The quantitative estimate of drug-likeness (QED) is 0.797. The van der Waals surface area contributed by atoms with Crippen LogP contribution in [0.2, 0.25) is 0 Å². The molecule has 0 bridgehead atoms. The Morgan fingerprint density at radius 1 is 1.29 bits per heavy atom. The summed E-state index contributed by atoms with van der Waals surface area (Å²) >= 11 is 0. The molecule has 1 aliphatic heterocycles. The monoisotopic (exact) mass is 351 g/mol. The molecular formula is C16H21N3O4S. The van der Waals surface area contributed by atoms with Gasteiger partial charge in [0, 0.05) is 33.1 Å². The molecule has 1 saturated heterocycles. The van der Waals surface area contributed by atoms with Gasteiger partial charge in [-0.05, 0) is 18.6 Å². The van der Waals surface area contributed by atoms with Gasteiger partial charge in [-0.15, -0.1) is 0 Å². The van der Waals surface area contributed by atoms with Crippen LogP contribution in [-0.4, -0.2) is 53.0 Å². The van der Waals surface area contributed by atoms with Crippen molar-refractivity contribution in [1.29, 1.82) is 0 Å². The van der Waals surface area contributed by atoms with Crippen LogP contribution >= 0.6 is 0 Å². The molecule has 0 radical (unpaired) electrons. The Hall–Kier alpha value is -2.09. The Morgan fingerprint density at radius 3 is 2.58 bits per heavy atom. The largest absolute Gasteiger partial charge is 0.342 e. The summed E-state index contributed by atoms with van der Waals surface area (Å²) in [6, 6.07) is 7.19. The van der Waals surface area contributed by atoms with E-state index in [1.807, 2.05) is 24.3 Å². The molecule has 0 N–H and O–H groups in total. The van der Waals surface area contributed by atoms with E-state index in [1.165, 1.54) is 4.90 Å². The number of carbonyl (C=O) groups is 1. The minimum Gasteiger partial charge on any atom is -0.342 e. The van der Waals surface area contributed by atoms with Crippen molar-refractivity contribution in [2.24, 2.45) is 7.05 Å². The number of amides is 1. The van der Waals surface area contributed by atoms with E-state index in [0.29, 0.717) is 6.42 Å². The molecule has 0 spiro atoms. The Balaban J connectivity index is 1.73. The Morgan fingerprint density at radius 2 is 1.96 bits per heavy atom. The molecule has 7 nitrogen and oxygen atoms in total. The van der Waals surface area contributed by atoms with Crippen molar-refractivity contribution in [2.45, 2.75) is 25.4 Å². The number of hydrogen-bond donors (Lipinski definition) is 0. The fraction of sp³-hybridized carbons (Fsp3) is 0.500. The van der Waals surface area contributed by atoms with Gasteiger partial charge in [0.1, 0.15) is 0 Å². The van der Waals surface area contributed by atoms with Crippen molar-refractivity contribution in [1.82, 2.24) is 14.0 Å². The average Bonchev–Trinajstić information content (AvgIpc) is 3.03. The molecule has 2 aromatic rings. The summed E-state index contributed by atoms with van der Waals surface area (Å²) < 4.78 is 26.3. The van der Waals surface area contributed by atoms with Crippen molar-refractivity contribution in [3.63, 3.8) is 0 Å². The number of benzene rings is 1. The van der Waals surface area contributed by atoms with Crippen LogP contribution in [0, 0.1) is 0 Å². The van der Waals surface area contributed by atoms with Crippen LogP contribution in [0.3, 0.4) is 0 Å². The first-order valence-electron chi connectivity index (χ1n) is 7.90. The molecule has 2 heterocycles. The number of sulfone groups is 1. The molecule has 1 aliphatic rings. The van der Waals surface area contributed by atoms with Gasteiger partial charge in [-0.3, -0.25) is 13.9 Å². The van der Waals surface area contributed by atoms with Crippen molar-refractivity contribution < 1.29 is 13.2 Å². The number of aryl methyl sites for hydroxylation is 2. The van der Waals surface area contributed by atoms with Crippen LogP contribution in [0.15, 0.2) is 29.1 Å². The fourth-order valence-corrected chi connectivity index (χ4v) is 5.02. The molecule has 24 heavy (non-hydrogen) atoms. The van der Waals surface area contributed by atoms with Gasteiger partial charge in [-0.25, -0.2) is 13.2 Å². The van der Waals surface area contributed by atoms with Crippen LogP contribution in [0.5, 0.6) is 0 Å². The fourth-order valence-electron chi connectivity index (χ4n) is 3.25. The van der Waals surface area contributed by atoms with Gasteiger partial charge in [-0.2, -0.15) is 0 Å². The van der Waals surface area contributed by atoms with Gasteiger partial charge in [-0.1, -0.05) is 12.1 Å². The second-order valence-corrected chi connectivity index (χ2v) is 8.52. The molecule has 8 heteroatoms. The minimum atomic E-state index is -3.03. The minimum absolute atomic E-state index is 0.0312. The molecule has 0 aliphatic carbocycles. The van der Waals surface area contributed by atoms with E-state index in [0.717, 1.165) is 11.0 Å².